The average molecular weight is 399 g/mol. The Bertz CT molecular complexity index is 949. The van der Waals surface area contributed by atoms with E-state index in [1.807, 2.05) is 6.07 Å². The zero-order valence-electron chi connectivity index (χ0n) is 15.1. The van der Waals surface area contributed by atoms with Gasteiger partial charge in [-0.3, -0.25) is 14.4 Å². The van der Waals surface area contributed by atoms with Gasteiger partial charge < -0.3 is 14.4 Å². The van der Waals surface area contributed by atoms with E-state index in [0.717, 1.165) is 5.69 Å². The fourth-order valence-electron chi connectivity index (χ4n) is 2.68. The molecule has 0 unspecified atom stereocenters. The average Bonchev–Trinajstić information content (AvgIpc) is 3.12. The van der Waals surface area contributed by atoms with Gasteiger partial charge in [0.1, 0.15) is 10.8 Å². The van der Waals surface area contributed by atoms with E-state index in [2.05, 4.69) is 4.98 Å². The number of rotatable bonds is 7. The van der Waals surface area contributed by atoms with Crippen molar-refractivity contribution in [3.63, 3.8) is 0 Å². The second-order valence-corrected chi connectivity index (χ2v) is 6.96. The summed E-state index contributed by atoms with van der Waals surface area (Å²) in [5, 5.41) is 11.4. The van der Waals surface area contributed by atoms with E-state index in [-0.39, 0.29) is 25.5 Å². The van der Waals surface area contributed by atoms with Crippen LogP contribution in [0.3, 0.4) is 0 Å². The van der Waals surface area contributed by atoms with E-state index in [1.165, 1.54) is 16.2 Å². The van der Waals surface area contributed by atoms with Crippen molar-refractivity contribution >= 4 is 34.7 Å². The normalized spacial score (nSPS) is 13.9. The molecule has 2 heterocycles. The van der Waals surface area contributed by atoms with Crippen LogP contribution in [0.4, 0.5) is 5.69 Å². The van der Waals surface area contributed by atoms with Gasteiger partial charge in [0.15, 0.2) is 24.9 Å². The van der Waals surface area contributed by atoms with Crippen LogP contribution in [0.2, 0.25) is 0 Å². The minimum absolute atomic E-state index is 0.0824. The third-order valence-corrected chi connectivity index (χ3v) is 5.09. The zero-order chi connectivity index (χ0) is 20.1. The summed E-state index contributed by atoms with van der Waals surface area (Å²) < 4.78 is 10.3. The Balaban J connectivity index is 1.53. The molecule has 0 N–H and O–H groups in total. The number of aryl methyl sites for hydroxylation is 1. The number of ether oxygens (including phenoxy) is 2. The van der Waals surface area contributed by atoms with E-state index in [0.29, 0.717) is 16.4 Å². The number of nitriles is 1. The lowest BCUT2D eigenvalue weighted by Gasteiger charge is -2.28. The quantitative estimate of drug-likeness (QED) is 0.655. The third-order valence-electron chi connectivity index (χ3n) is 4.06. The molecule has 1 aliphatic rings. The van der Waals surface area contributed by atoms with Crippen LogP contribution < -0.4 is 9.64 Å². The second kappa shape index (κ2) is 8.63. The lowest BCUT2D eigenvalue weighted by molar-refractivity contribution is -0.147. The van der Waals surface area contributed by atoms with E-state index in [9.17, 15) is 19.6 Å². The molecule has 0 fully saturated rings. The largest absolute Gasteiger partial charge is 0.482 e. The smallest absolute Gasteiger partial charge is 0.308 e. The summed E-state index contributed by atoms with van der Waals surface area (Å²) >= 11 is 1.22. The van der Waals surface area contributed by atoms with E-state index in [1.54, 1.807) is 36.6 Å². The Hall–Kier alpha value is -3.25. The highest BCUT2D eigenvalue weighted by Crippen LogP contribution is 2.31. The number of Topliss-reactive ketones (excluding diaryl/α,β-unsaturated/α-hetero) is 1. The second-order valence-electron chi connectivity index (χ2n) is 6.07. The molecule has 9 heteroatoms. The summed E-state index contributed by atoms with van der Waals surface area (Å²) in [5.74, 6) is -1.90. The van der Waals surface area contributed by atoms with Crippen LogP contribution in [0.5, 0.6) is 5.75 Å². The number of thiazole rings is 1. The van der Waals surface area contributed by atoms with E-state index in [4.69, 9.17) is 9.47 Å². The molecule has 3 rings (SSSR count). The van der Waals surface area contributed by atoms with Crippen molar-refractivity contribution in [2.75, 3.05) is 24.7 Å². The van der Waals surface area contributed by atoms with Crippen LogP contribution in [0, 0.1) is 18.3 Å². The first-order valence-corrected chi connectivity index (χ1v) is 9.39. The molecule has 8 nitrogen and oxygen atoms in total. The van der Waals surface area contributed by atoms with Gasteiger partial charge in [-0.1, -0.05) is 12.1 Å². The Morgan fingerprint density at radius 1 is 1.43 bits per heavy atom. The number of hydrogen-bond donors (Lipinski definition) is 0. The Kier molecular flexibility index (Phi) is 6.01. The summed E-state index contributed by atoms with van der Waals surface area (Å²) in [6.45, 7) is 1.27. The maximum Gasteiger partial charge on any atom is 0.308 e. The van der Waals surface area contributed by atoms with Crippen molar-refractivity contribution in [3.05, 3.63) is 40.3 Å². The van der Waals surface area contributed by atoms with Crippen LogP contribution in [0.15, 0.2) is 29.6 Å². The molecule has 1 amide bonds. The number of benzene rings is 1. The molecule has 2 aromatic rings. The van der Waals surface area contributed by atoms with E-state index < -0.39 is 24.3 Å². The number of fused-ring (bicyclic) bond motifs is 1. The van der Waals surface area contributed by atoms with Crippen molar-refractivity contribution in [2.45, 2.75) is 19.3 Å². The Labute approximate surface area is 165 Å². The van der Waals surface area contributed by atoms with Crippen molar-refractivity contribution in [2.24, 2.45) is 0 Å². The van der Waals surface area contributed by atoms with Gasteiger partial charge in [0.2, 0.25) is 0 Å². The number of carbonyl (C=O) groups is 3. The highest BCUT2D eigenvalue weighted by atomic mass is 32.1. The zero-order valence-corrected chi connectivity index (χ0v) is 15.9. The lowest BCUT2D eigenvalue weighted by Crippen LogP contribution is -2.40. The lowest BCUT2D eigenvalue weighted by atomic mass is 10.1. The predicted molar refractivity (Wildman–Crippen MR) is 100 cm³/mol. The molecule has 0 bridgehead atoms. The number of anilines is 1. The van der Waals surface area contributed by atoms with Gasteiger partial charge in [-0.2, -0.15) is 5.26 Å². The number of ketones is 1. The molecule has 1 aromatic heterocycles. The molecular weight excluding hydrogens is 382 g/mol. The number of carbonyl (C=O) groups excluding carboxylic acids is 3. The number of hydrogen-bond acceptors (Lipinski definition) is 8. The van der Waals surface area contributed by atoms with Crippen LogP contribution in [-0.4, -0.2) is 42.4 Å². The summed E-state index contributed by atoms with van der Waals surface area (Å²) in [4.78, 5) is 41.9. The first kappa shape index (κ1) is 19.5. The summed E-state index contributed by atoms with van der Waals surface area (Å²) in [6, 6.07) is 8.94. The van der Waals surface area contributed by atoms with Gasteiger partial charge in [-0.05, 0) is 19.1 Å². The third kappa shape index (κ3) is 4.35. The minimum Gasteiger partial charge on any atom is -0.482 e. The van der Waals surface area contributed by atoms with Crippen LogP contribution >= 0.6 is 11.3 Å². The summed E-state index contributed by atoms with van der Waals surface area (Å²) in [7, 11) is 0. The van der Waals surface area contributed by atoms with E-state index >= 15 is 0 Å². The molecule has 0 spiro atoms. The highest BCUT2D eigenvalue weighted by molar-refractivity contribution is 7.09. The van der Waals surface area contributed by atoms with Crippen molar-refractivity contribution in [1.29, 1.82) is 5.26 Å². The SMILES string of the molecule is Cc1csc([C@H](C#N)C(=O)COC(=O)CCN2C(=O)COc3ccccc32)n1. The molecule has 28 heavy (non-hydrogen) atoms. The molecule has 0 saturated carbocycles. The highest BCUT2D eigenvalue weighted by Gasteiger charge is 2.27. The summed E-state index contributed by atoms with van der Waals surface area (Å²) in [6.07, 6.45) is -0.0824. The van der Waals surface area contributed by atoms with Crippen LogP contribution in [0.25, 0.3) is 0 Å². The van der Waals surface area contributed by atoms with Gasteiger partial charge in [-0.15, -0.1) is 11.3 Å². The molecule has 0 radical (unpaired) electrons. The number of aromatic nitrogens is 1. The molecule has 1 aliphatic heterocycles. The first-order chi connectivity index (χ1) is 13.5. The topological polar surface area (TPSA) is 110 Å². The maximum atomic E-state index is 12.2. The van der Waals surface area contributed by atoms with Gasteiger partial charge >= 0.3 is 5.97 Å². The maximum absolute atomic E-state index is 12.2. The molecule has 144 valence electrons. The van der Waals surface area contributed by atoms with Crippen molar-refractivity contribution in [3.8, 4) is 11.8 Å². The van der Waals surface area contributed by atoms with Gasteiger partial charge in [0, 0.05) is 17.6 Å². The molecular formula is C19H17N3O5S. The Morgan fingerprint density at radius 2 is 2.21 bits per heavy atom. The first-order valence-electron chi connectivity index (χ1n) is 8.51. The van der Waals surface area contributed by atoms with Crippen LogP contribution in [-0.2, 0) is 19.1 Å². The fraction of sp³-hybridized carbons (Fsp3) is 0.316. The number of nitrogens with zero attached hydrogens (tertiary/aromatic N) is 3. The standard InChI is InChI=1S/C19H17N3O5S/c1-12-11-28-19(21-12)13(8-20)15(23)9-27-18(25)6-7-22-14-4-2-3-5-16(14)26-10-17(22)24/h2-5,11,13H,6-7,9-10H2,1H3/t13-/m1/s1. The monoisotopic (exact) mass is 399 g/mol. The van der Waals surface area contributed by atoms with Crippen LogP contribution in [0.1, 0.15) is 23.0 Å². The van der Waals surface area contributed by atoms with Gasteiger partial charge in [-0.25, -0.2) is 4.98 Å². The fourth-order valence-corrected chi connectivity index (χ4v) is 3.54. The molecule has 1 aromatic carbocycles. The van der Waals surface area contributed by atoms with Crippen molar-refractivity contribution < 1.29 is 23.9 Å². The molecule has 0 saturated heterocycles. The predicted octanol–water partition coefficient (Wildman–Crippen LogP) is 1.99. The minimum atomic E-state index is -1.06. The molecule has 1 atom stereocenters. The Morgan fingerprint density at radius 3 is 2.93 bits per heavy atom. The van der Waals surface area contributed by atoms with Gasteiger partial charge in [0.05, 0.1) is 18.2 Å². The molecule has 0 aliphatic carbocycles. The number of esters is 1. The van der Waals surface area contributed by atoms with Gasteiger partial charge in [0.25, 0.3) is 5.91 Å². The number of para-hydroxylation sites is 2. The number of amides is 1. The summed E-state index contributed by atoms with van der Waals surface area (Å²) in [5.41, 5.74) is 1.31. The van der Waals surface area contributed by atoms with Crippen molar-refractivity contribution in [1.82, 2.24) is 4.98 Å².